The molecule has 2 aromatic rings. The van der Waals surface area contributed by atoms with Gasteiger partial charge < -0.3 is 14.7 Å². The quantitative estimate of drug-likeness (QED) is 0.378. The lowest BCUT2D eigenvalue weighted by Gasteiger charge is -2.36. The number of nitrogens with one attached hydrogen (secondary N) is 1. The van der Waals surface area contributed by atoms with Crippen LogP contribution in [0.1, 0.15) is 10.6 Å². The lowest BCUT2D eigenvalue weighted by atomic mass is 10.3. The van der Waals surface area contributed by atoms with Crippen molar-refractivity contribution in [2.45, 2.75) is 13.1 Å². The molecular weight excluding hydrogens is 505 g/mol. The molecule has 0 radical (unpaired) electrons. The van der Waals surface area contributed by atoms with E-state index in [9.17, 15) is 0 Å². The fraction of sp³-hybridized carbons (Fsp3) is 0.467. The van der Waals surface area contributed by atoms with Crippen LogP contribution in [0.2, 0.25) is 0 Å². The average Bonchev–Trinajstić information content (AvgIpc) is 3.21. The number of halogens is 2. The second-order valence-electron chi connectivity index (χ2n) is 5.39. The molecule has 0 bridgehead atoms. The number of piperazine rings is 1. The number of nitrogens with zero attached hydrogens (tertiary/aromatic N) is 4. The molecule has 1 aliphatic rings. The number of aromatic nitrogens is 1. The molecule has 2 aromatic heterocycles. The van der Waals surface area contributed by atoms with Gasteiger partial charge in [-0.3, -0.25) is 9.89 Å². The average molecular weight is 526 g/mol. The van der Waals surface area contributed by atoms with Crippen molar-refractivity contribution in [3.8, 4) is 0 Å². The summed E-state index contributed by atoms with van der Waals surface area (Å²) in [5, 5.41) is 9.53. The van der Waals surface area contributed by atoms with Crippen molar-refractivity contribution < 1.29 is 4.52 Å². The van der Waals surface area contributed by atoms with E-state index in [2.05, 4.69) is 52.6 Å². The summed E-state index contributed by atoms with van der Waals surface area (Å²) in [6.07, 6.45) is 1.63. The minimum atomic E-state index is 0. The van der Waals surface area contributed by atoms with Gasteiger partial charge in [0.1, 0.15) is 6.26 Å². The molecule has 132 valence electrons. The first-order valence-corrected chi connectivity index (χ1v) is 9.22. The summed E-state index contributed by atoms with van der Waals surface area (Å²) < 4.78 is 6.02. The predicted molar refractivity (Wildman–Crippen MR) is 111 cm³/mol. The van der Waals surface area contributed by atoms with Gasteiger partial charge in [-0.2, -0.15) is 0 Å². The molecule has 0 spiro atoms. The number of rotatable bonds is 4. The van der Waals surface area contributed by atoms with Gasteiger partial charge in [0.15, 0.2) is 5.96 Å². The lowest BCUT2D eigenvalue weighted by molar-refractivity contribution is 0.169. The van der Waals surface area contributed by atoms with Gasteiger partial charge >= 0.3 is 0 Å². The van der Waals surface area contributed by atoms with Crippen LogP contribution in [0.4, 0.5) is 0 Å². The van der Waals surface area contributed by atoms with E-state index in [-0.39, 0.29) is 24.0 Å². The van der Waals surface area contributed by atoms with E-state index in [0.717, 1.165) is 55.4 Å². The lowest BCUT2D eigenvalue weighted by Crippen LogP contribution is -2.52. The SMILES string of the molecule is CN=C(NCc1cc(Br)cs1)N1CCN(Cc2ccon2)CC1.I. The Bertz CT molecular complexity index is 640. The fourth-order valence-corrected chi connectivity index (χ4v) is 4.00. The summed E-state index contributed by atoms with van der Waals surface area (Å²) in [6, 6.07) is 4.06. The molecule has 3 heterocycles. The maximum absolute atomic E-state index is 4.89. The molecule has 0 atom stereocenters. The Kier molecular flexibility index (Phi) is 7.98. The molecular formula is C15H21BrIN5OS. The first kappa shape index (κ1) is 19.7. The maximum Gasteiger partial charge on any atom is 0.194 e. The Morgan fingerprint density at radius 1 is 1.42 bits per heavy atom. The minimum Gasteiger partial charge on any atom is -0.364 e. The van der Waals surface area contributed by atoms with E-state index in [1.54, 1.807) is 17.6 Å². The molecule has 1 aliphatic heterocycles. The summed E-state index contributed by atoms with van der Waals surface area (Å²) >= 11 is 5.23. The normalized spacial score (nSPS) is 16.1. The van der Waals surface area contributed by atoms with E-state index < -0.39 is 0 Å². The minimum absolute atomic E-state index is 0. The van der Waals surface area contributed by atoms with Crippen LogP contribution in [0.25, 0.3) is 0 Å². The van der Waals surface area contributed by atoms with E-state index in [1.165, 1.54) is 4.88 Å². The van der Waals surface area contributed by atoms with Gasteiger partial charge in [0.2, 0.25) is 0 Å². The number of thiophene rings is 1. The van der Waals surface area contributed by atoms with E-state index in [0.29, 0.717) is 0 Å². The highest BCUT2D eigenvalue weighted by Crippen LogP contribution is 2.19. The van der Waals surface area contributed by atoms with E-state index >= 15 is 0 Å². The highest BCUT2D eigenvalue weighted by atomic mass is 127. The largest absolute Gasteiger partial charge is 0.364 e. The van der Waals surface area contributed by atoms with Crippen LogP contribution < -0.4 is 5.32 Å². The summed E-state index contributed by atoms with van der Waals surface area (Å²) in [5.41, 5.74) is 0.990. The monoisotopic (exact) mass is 525 g/mol. The number of hydrogen-bond donors (Lipinski definition) is 1. The van der Waals surface area contributed by atoms with Crippen LogP contribution in [-0.4, -0.2) is 54.1 Å². The van der Waals surface area contributed by atoms with Gasteiger partial charge in [-0.1, -0.05) is 5.16 Å². The molecule has 24 heavy (non-hydrogen) atoms. The molecule has 1 fully saturated rings. The van der Waals surface area contributed by atoms with Crippen molar-refractivity contribution in [3.05, 3.63) is 38.8 Å². The van der Waals surface area contributed by atoms with Gasteiger partial charge in [-0.05, 0) is 22.0 Å². The molecule has 0 aliphatic carbocycles. The zero-order chi connectivity index (χ0) is 16.1. The molecule has 0 unspecified atom stereocenters. The zero-order valence-electron chi connectivity index (χ0n) is 13.4. The Labute approximate surface area is 171 Å². The zero-order valence-corrected chi connectivity index (χ0v) is 18.2. The maximum atomic E-state index is 4.89. The van der Waals surface area contributed by atoms with Crippen LogP contribution in [0.3, 0.4) is 0 Å². The third-order valence-electron chi connectivity index (χ3n) is 3.80. The van der Waals surface area contributed by atoms with Gasteiger partial charge in [0.25, 0.3) is 0 Å². The van der Waals surface area contributed by atoms with Crippen molar-refractivity contribution in [2.75, 3.05) is 33.2 Å². The molecule has 1 saturated heterocycles. The van der Waals surface area contributed by atoms with E-state index in [1.807, 2.05) is 13.1 Å². The number of guanidine groups is 1. The summed E-state index contributed by atoms with van der Waals surface area (Å²) in [4.78, 5) is 10.4. The Morgan fingerprint density at radius 2 is 2.21 bits per heavy atom. The molecule has 0 saturated carbocycles. The molecule has 9 heteroatoms. The fourth-order valence-electron chi connectivity index (χ4n) is 2.61. The molecule has 1 N–H and O–H groups in total. The predicted octanol–water partition coefficient (Wildman–Crippen LogP) is 3.01. The molecule has 3 rings (SSSR count). The first-order chi connectivity index (χ1) is 11.2. The highest BCUT2D eigenvalue weighted by Gasteiger charge is 2.20. The van der Waals surface area contributed by atoms with Crippen LogP contribution >= 0.6 is 51.2 Å². The van der Waals surface area contributed by atoms with Crippen LogP contribution in [-0.2, 0) is 13.1 Å². The van der Waals surface area contributed by atoms with Crippen molar-refractivity contribution >= 4 is 57.2 Å². The number of aliphatic imine (C=N–C) groups is 1. The van der Waals surface area contributed by atoms with Gasteiger partial charge in [-0.15, -0.1) is 35.3 Å². The third kappa shape index (κ3) is 5.43. The van der Waals surface area contributed by atoms with Crippen LogP contribution in [0, 0.1) is 0 Å². The molecule has 0 aromatic carbocycles. The summed E-state index contributed by atoms with van der Waals surface area (Å²) in [6.45, 7) is 5.58. The Balaban J connectivity index is 0.00000208. The first-order valence-electron chi connectivity index (χ1n) is 7.54. The van der Waals surface area contributed by atoms with Gasteiger partial charge in [0, 0.05) is 60.6 Å². The molecule has 6 nitrogen and oxygen atoms in total. The Hall–Kier alpha value is -0.650. The van der Waals surface area contributed by atoms with Crippen LogP contribution in [0.5, 0.6) is 0 Å². The van der Waals surface area contributed by atoms with Crippen molar-refractivity contribution in [1.29, 1.82) is 0 Å². The summed E-state index contributed by atoms with van der Waals surface area (Å²) in [7, 11) is 1.84. The smallest absolute Gasteiger partial charge is 0.194 e. The van der Waals surface area contributed by atoms with E-state index in [4.69, 9.17) is 4.52 Å². The Morgan fingerprint density at radius 3 is 2.79 bits per heavy atom. The van der Waals surface area contributed by atoms with Crippen molar-refractivity contribution in [1.82, 2.24) is 20.3 Å². The van der Waals surface area contributed by atoms with Gasteiger partial charge in [0.05, 0.1) is 12.2 Å². The second kappa shape index (κ2) is 9.73. The molecule has 0 amide bonds. The number of hydrogen-bond acceptors (Lipinski definition) is 5. The summed E-state index contributed by atoms with van der Waals surface area (Å²) in [5.74, 6) is 0.968. The van der Waals surface area contributed by atoms with Crippen molar-refractivity contribution in [3.63, 3.8) is 0 Å². The topological polar surface area (TPSA) is 56.9 Å². The highest BCUT2D eigenvalue weighted by molar-refractivity contribution is 14.0. The second-order valence-corrected chi connectivity index (χ2v) is 7.30. The van der Waals surface area contributed by atoms with Crippen LogP contribution in [0.15, 0.2) is 37.8 Å². The van der Waals surface area contributed by atoms with Crippen molar-refractivity contribution in [2.24, 2.45) is 4.99 Å². The standard InChI is InChI=1S/C15H20BrN5OS.HI/c1-17-15(18-9-14-8-12(16)11-23-14)21-5-3-20(4-6-21)10-13-2-7-22-19-13;/h2,7-8,11H,3-6,9-10H2,1H3,(H,17,18);1H. The van der Waals surface area contributed by atoms with Gasteiger partial charge in [-0.25, -0.2) is 0 Å². The third-order valence-corrected chi connectivity index (χ3v) is 5.50.